The lowest BCUT2D eigenvalue weighted by Gasteiger charge is -2.51. The van der Waals surface area contributed by atoms with Crippen LogP contribution >= 0.6 is 0 Å². The Hall–Kier alpha value is -2.24. The molecule has 2 atom stereocenters. The van der Waals surface area contributed by atoms with Gasteiger partial charge in [-0.2, -0.15) is 0 Å². The largest absolute Gasteiger partial charge is 0.348 e. The highest BCUT2D eigenvalue weighted by Crippen LogP contribution is 2.56. The maximum absolute atomic E-state index is 12.8. The first kappa shape index (κ1) is 20.7. The van der Waals surface area contributed by atoms with E-state index in [2.05, 4.69) is 22.2 Å². The van der Waals surface area contributed by atoms with E-state index in [0.29, 0.717) is 31.2 Å². The molecule has 5 aliphatic rings. The lowest BCUT2D eigenvalue weighted by molar-refractivity contribution is -0.132. The van der Waals surface area contributed by atoms with Crippen LogP contribution in [0.2, 0.25) is 0 Å². The molecule has 4 aliphatic carbocycles. The number of aryl methyl sites for hydroxylation is 2. The van der Waals surface area contributed by atoms with Crippen molar-refractivity contribution in [3.05, 3.63) is 35.4 Å². The van der Waals surface area contributed by atoms with E-state index in [1.54, 1.807) is 6.20 Å². The Morgan fingerprint density at radius 3 is 2.52 bits per heavy atom. The zero-order valence-corrected chi connectivity index (χ0v) is 18.7. The molecule has 1 aliphatic heterocycles. The van der Waals surface area contributed by atoms with Gasteiger partial charge in [0.25, 0.3) is 0 Å². The van der Waals surface area contributed by atoms with Gasteiger partial charge in [-0.25, -0.2) is 9.97 Å². The van der Waals surface area contributed by atoms with Crippen LogP contribution in [0.3, 0.4) is 0 Å². The van der Waals surface area contributed by atoms with Crippen molar-refractivity contribution in [3.8, 4) is 0 Å². The number of hydrogen-bond acceptors (Lipinski definition) is 4. The van der Waals surface area contributed by atoms with Crippen LogP contribution in [0.1, 0.15) is 63.4 Å². The smallest absolute Gasteiger partial charge is 0.244 e. The normalized spacial score (nSPS) is 33.6. The van der Waals surface area contributed by atoms with Crippen molar-refractivity contribution in [3.63, 3.8) is 0 Å². The fourth-order valence-corrected chi connectivity index (χ4v) is 6.86. The third-order valence-corrected chi connectivity index (χ3v) is 8.05. The number of rotatable bonds is 5. The molecule has 1 saturated heterocycles. The van der Waals surface area contributed by atoms with E-state index in [4.69, 9.17) is 0 Å². The molecule has 0 aromatic carbocycles. The fraction of sp³-hybridized carbons (Fsp3) is 0.680. The number of carbonyl (C=O) groups excluding carboxylic acids is 2. The van der Waals surface area contributed by atoms with Crippen molar-refractivity contribution in [2.24, 2.45) is 23.7 Å². The Balaban J connectivity index is 1.14. The van der Waals surface area contributed by atoms with Gasteiger partial charge in [0, 0.05) is 43.0 Å². The summed E-state index contributed by atoms with van der Waals surface area (Å²) in [4.78, 5) is 36.0. The number of nitrogens with zero attached hydrogens (tertiary/aromatic N) is 3. The number of nitrogens with one attached hydrogen (secondary N) is 1. The summed E-state index contributed by atoms with van der Waals surface area (Å²) >= 11 is 0. The Morgan fingerprint density at radius 1 is 1.13 bits per heavy atom. The Morgan fingerprint density at radius 2 is 1.84 bits per heavy atom. The molecule has 1 aromatic heterocycles. The molecule has 4 bridgehead atoms. The van der Waals surface area contributed by atoms with Crippen molar-refractivity contribution in [1.82, 2.24) is 20.2 Å². The average molecular weight is 423 g/mol. The number of likely N-dealkylation sites (tertiary alicyclic amines) is 1. The molecule has 31 heavy (non-hydrogen) atoms. The van der Waals surface area contributed by atoms with E-state index in [9.17, 15) is 9.59 Å². The molecule has 1 aromatic rings. The average Bonchev–Trinajstić information content (AvgIpc) is 3.08. The molecule has 6 heteroatoms. The van der Waals surface area contributed by atoms with Gasteiger partial charge in [-0.15, -0.1) is 0 Å². The van der Waals surface area contributed by atoms with Crippen LogP contribution in [0.25, 0.3) is 0 Å². The summed E-state index contributed by atoms with van der Waals surface area (Å²) in [5, 5.41) is 3.20. The maximum atomic E-state index is 12.8. The Bertz CT molecular complexity index is 865. The predicted octanol–water partition coefficient (Wildman–Crippen LogP) is 3.21. The van der Waals surface area contributed by atoms with Crippen LogP contribution < -0.4 is 5.32 Å². The van der Waals surface area contributed by atoms with E-state index in [0.717, 1.165) is 29.8 Å². The lowest BCUT2D eigenvalue weighted by Crippen LogP contribution is -2.42. The van der Waals surface area contributed by atoms with E-state index >= 15 is 0 Å². The topological polar surface area (TPSA) is 75.2 Å². The summed E-state index contributed by atoms with van der Waals surface area (Å²) in [6, 6.07) is 2.06. The van der Waals surface area contributed by atoms with E-state index in [1.165, 1.54) is 37.7 Å². The number of aromatic nitrogens is 2. The number of amides is 2. The van der Waals surface area contributed by atoms with Crippen LogP contribution in [0.15, 0.2) is 23.9 Å². The third-order valence-electron chi connectivity index (χ3n) is 8.05. The molecule has 5 fully saturated rings. The molecular weight excluding hydrogens is 388 g/mol. The second-order valence-electron chi connectivity index (χ2n) is 10.4. The van der Waals surface area contributed by atoms with Gasteiger partial charge in [0.15, 0.2) is 0 Å². The molecule has 6 rings (SSSR count). The minimum Gasteiger partial charge on any atom is -0.348 e. The zero-order chi connectivity index (χ0) is 21.5. The minimum atomic E-state index is 0.0430. The second kappa shape index (κ2) is 8.36. The molecule has 2 heterocycles. The first-order chi connectivity index (χ1) is 14.9. The summed E-state index contributed by atoms with van der Waals surface area (Å²) in [7, 11) is 0. The summed E-state index contributed by atoms with van der Waals surface area (Å²) in [6.07, 6.45) is 12.2. The molecule has 4 saturated carbocycles. The third kappa shape index (κ3) is 4.39. The maximum Gasteiger partial charge on any atom is 0.244 e. The molecule has 0 radical (unpaired) electrons. The van der Waals surface area contributed by atoms with Crippen LogP contribution in [0.5, 0.6) is 0 Å². The monoisotopic (exact) mass is 422 g/mol. The van der Waals surface area contributed by atoms with Crippen molar-refractivity contribution in [2.45, 2.75) is 77.3 Å². The van der Waals surface area contributed by atoms with Gasteiger partial charge in [-0.1, -0.05) is 5.57 Å². The first-order valence-corrected chi connectivity index (χ1v) is 12.0. The zero-order valence-electron chi connectivity index (χ0n) is 18.7. The summed E-state index contributed by atoms with van der Waals surface area (Å²) < 4.78 is 0. The molecule has 166 valence electrons. The quantitative estimate of drug-likeness (QED) is 0.740. The van der Waals surface area contributed by atoms with Crippen molar-refractivity contribution in [1.29, 1.82) is 0 Å². The number of hydrogen-bond donors (Lipinski definition) is 1. The molecule has 6 nitrogen and oxygen atoms in total. The minimum absolute atomic E-state index is 0.0430. The number of allylic oxidation sites excluding steroid dienone is 1. The molecule has 0 spiro atoms. The van der Waals surface area contributed by atoms with E-state index in [-0.39, 0.29) is 23.9 Å². The van der Waals surface area contributed by atoms with E-state index in [1.807, 2.05) is 24.0 Å². The highest BCUT2D eigenvalue weighted by Gasteiger charge is 2.45. The number of carbonyl (C=O) groups is 2. The van der Waals surface area contributed by atoms with Crippen LogP contribution in [0.4, 0.5) is 0 Å². The van der Waals surface area contributed by atoms with Crippen molar-refractivity contribution in [2.75, 3.05) is 6.54 Å². The van der Waals surface area contributed by atoms with Gasteiger partial charge in [-0.3, -0.25) is 9.59 Å². The second-order valence-corrected chi connectivity index (χ2v) is 10.4. The summed E-state index contributed by atoms with van der Waals surface area (Å²) in [5.74, 6) is 4.02. The lowest BCUT2D eigenvalue weighted by atomic mass is 9.54. The van der Waals surface area contributed by atoms with Crippen LogP contribution in [-0.4, -0.2) is 45.3 Å². The molecule has 2 amide bonds. The van der Waals surface area contributed by atoms with Gasteiger partial charge in [0.2, 0.25) is 11.8 Å². The van der Waals surface area contributed by atoms with Crippen molar-refractivity contribution < 1.29 is 9.59 Å². The SMILES string of the molecule is Cc1nccc(CCC(=O)N2CC(NC(=O)C=C3C4CC5CC(C4)CC3C5)CC2C)n1. The standard InChI is InChI=1S/C25H34N4O2/c1-15-7-22(14-29(15)25(31)4-3-21-5-6-26-16(2)27-21)28-24(30)13-23-19-9-17-8-18(11-19)12-20(23)10-17/h5-6,13,15,17-20,22H,3-4,7-12,14H2,1-2H3,(H,28,30). The van der Waals surface area contributed by atoms with Crippen LogP contribution in [-0.2, 0) is 16.0 Å². The summed E-state index contributed by atoms with van der Waals surface area (Å²) in [5.41, 5.74) is 2.32. The van der Waals surface area contributed by atoms with Gasteiger partial charge < -0.3 is 10.2 Å². The van der Waals surface area contributed by atoms with Gasteiger partial charge in [-0.05, 0) is 88.5 Å². The van der Waals surface area contributed by atoms with Crippen molar-refractivity contribution >= 4 is 11.8 Å². The van der Waals surface area contributed by atoms with E-state index < -0.39 is 0 Å². The predicted molar refractivity (Wildman–Crippen MR) is 118 cm³/mol. The highest BCUT2D eigenvalue weighted by molar-refractivity contribution is 5.89. The van der Waals surface area contributed by atoms with Gasteiger partial charge in [0.1, 0.15) is 5.82 Å². The van der Waals surface area contributed by atoms with Gasteiger partial charge >= 0.3 is 0 Å². The summed E-state index contributed by atoms with van der Waals surface area (Å²) in [6.45, 7) is 4.55. The Labute approximate surface area is 184 Å². The Kier molecular flexibility index (Phi) is 5.57. The first-order valence-electron chi connectivity index (χ1n) is 12.0. The highest BCUT2D eigenvalue weighted by atomic mass is 16.2. The van der Waals surface area contributed by atoms with Crippen LogP contribution in [0, 0.1) is 30.6 Å². The van der Waals surface area contributed by atoms with Gasteiger partial charge in [0.05, 0.1) is 0 Å². The fourth-order valence-electron chi connectivity index (χ4n) is 6.86. The molecule has 2 unspecified atom stereocenters. The molecule has 1 N–H and O–H groups in total. The molecular formula is C25H34N4O2.